The van der Waals surface area contributed by atoms with Crippen molar-refractivity contribution in [3.63, 3.8) is 0 Å². The first-order valence-corrected chi connectivity index (χ1v) is 6.78. The maximum absolute atomic E-state index is 5.65. The number of anilines is 1. The number of para-hydroxylation sites is 1. The normalized spacial score (nSPS) is 10.7. The monoisotopic (exact) mass is 288 g/mol. The number of hydrogen-bond acceptors (Lipinski definition) is 7. The van der Waals surface area contributed by atoms with E-state index in [9.17, 15) is 0 Å². The van der Waals surface area contributed by atoms with E-state index in [2.05, 4.69) is 15.1 Å². The van der Waals surface area contributed by atoms with Gasteiger partial charge < -0.3 is 15.0 Å². The van der Waals surface area contributed by atoms with Crippen LogP contribution in [0.4, 0.5) is 5.13 Å². The number of rotatable bonds is 4. The molecule has 6 nitrogen and oxygen atoms in total. The molecule has 0 atom stereocenters. The fraction of sp³-hybridized carbons (Fsp3) is 0.154. The van der Waals surface area contributed by atoms with Gasteiger partial charge in [-0.3, -0.25) is 0 Å². The van der Waals surface area contributed by atoms with Gasteiger partial charge in [-0.25, -0.2) is 4.98 Å². The first-order chi connectivity index (χ1) is 9.72. The molecule has 0 saturated carbocycles. The van der Waals surface area contributed by atoms with Gasteiger partial charge in [-0.15, -0.1) is 0 Å². The third-order valence-electron chi connectivity index (χ3n) is 2.59. The molecule has 1 aromatic carbocycles. The molecule has 20 heavy (non-hydrogen) atoms. The topological polar surface area (TPSA) is 87.1 Å². The standard InChI is InChI=1S/C13H12N4O2S/c1-8-11(20-13(14)15-8)12-16-10(17-19-12)7-18-9-5-3-2-4-6-9/h2-6H,7H2,1H3,(H2,14,15). The fourth-order valence-corrected chi connectivity index (χ4v) is 2.44. The van der Waals surface area contributed by atoms with Gasteiger partial charge in [0, 0.05) is 0 Å². The molecular formula is C13H12N4O2S. The minimum absolute atomic E-state index is 0.251. The highest BCUT2D eigenvalue weighted by Gasteiger charge is 2.15. The lowest BCUT2D eigenvalue weighted by Crippen LogP contribution is -1.97. The van der Waals surface area contributed by atoms with E-state index in [1.165, 1.54) is 11.3 Å². The first-order valence-electron chi connectivity index (χ1n) is 5.96. The van der Waals surface area contributed by atoms with E-state index in [1.807, 2.05) is 37.3 Å². The number of nitrogen functional groups attached to an aromatic ring is 1. The van der Waals surface area contributed by atoms with Crippen LogP contribution < -0.4 is 10.5 Å². The minimum atomic E-state index is 0.251. The summed E-state index contributed by atoms with van der Waals surface area (Å²) in [6, 6.07) is 9.47. The van der Waals surface area contributed by atoms with Gasteiger partial charge in [0.25, 0.3) is 5.89 Å². The lowest BCUT2D eigenvalue weighted by Gasteiger charge is -2.01. The first kappa shape index (κ1) is 12.6. The van der Waals surface area contributed by atoms with Crippen LogP contribution in [-0.4, -0.2) is 15.1 Å². The maximum atomic E-state index is 5.65. The van der Waals surface area contributed by atoms with Crippen molar-refractivity contribution < 1.29 is 9.26 Å². The Morgan fingerprint density at radius 1 is 1.25 bits per heavy atom. The molecule has 2 aromatic heterocycles. The Bertz CT molecular complexity index is 708. The zero-order valence-electron chi connectivity index (χ0n) is 10.7. The molecule has 2 N–H and O–H groups in total. The average molecular weight is 288 g/mol. The lowest BCUT2D eigenvalue weighted by atomic mass is 10.3. The van der Waals surface area contributed by atoms with Gasteiger partial charge in [0.1, 0.15) is 10.6 Å². The van der Waals surface area contributed by atoms with Crippen LogP contribution in [0.1, 0.15) is 11.5 Å². The summed E-state index contributed by atoms with van der Waals surface area (Å²) in [5.74, 6) is 1.66. The molecule has 0 aliphatic carbocycles. The number of ether oxygens (including phenoxy) is 1. The van der Waals surface area contributed by atoms with Crippen LogP contribution in [0.3, 0.4) is 0 Å². The zero-order valence-corrected chi connectivity index (χ0v) is 11.6. The Morgan fingerprint density at radius 3 is 2.75 bits per heavy atom. The van der Waals surface area contributed by atoms with E-state index >= 15 is 0 Å². The molecule has 3 aromatic rings. The smallest absolute Gasteiger partial charge is 0.270 e. The Balaban J connectivity index is 1.73. The summed E-state index contributed by atoms with van der Waals surface area (Å²) in [4.78, 5) is 9.20. The second-order valence-corrected chi connectivity index (χ2v) is 5.11. The Labute approximate surface area is 119 Å². The van der Waals surface area contributed by atoms with E-state index in [-0.39, 0.29) is 6.61 Å². The van der Waals surface area contributed by atoms with Crippen molar-refractivity contribution in [3.8, 4) is 16.5 Å². The van der Waals surface area contributed by atoms with Crippen molar-refractivity contribution in [1.29, 1.82) is 0 Å². The summed E-state index contributed by atoms with van der Waals surface area (Å²) < 4.78 is 10.8. The number of thiazole rings is 1. The highest BCUT2D eigenvalue weighted by atomic mass is 32.1. The summed E-state index contributed by atoms with van der Waals surface area (Å²) in [5.41, 5.74) is 6.44. The number of nitrogens with zero attached hydrogens (tertiary/aromatic N) is 3. The second-order valence-electron chi connectivity index (χ2n) is 4.08. The predicted molar refractivity (Wildman–Crippen MR) is 75.3 cm³/mol. The molecule has 0 unspecified atom stereocenters. The summed E-state index contributed by atoms with van der Waals surface area (Å²) in [6.07, 6.45) is 0. The molecule has 0 amide bonds. The summed E-state index contributed by atoms with van der Waals surface area (Å²) in [5, 5.41) is 4.37. The van der Waals surface area contributed by atoms with Gasteiger partial charge in [-0.1, -0.05) is 34.7 Å². The van der Waals surface area contributed by atoms with E-state index in [1.54, 1.807) is 0 Å². The quantitative estimate of drug-likeness (QED) is 0.794. The largest absolute Gasteiger partial charge is 0.485 e. The highest BCUT2D eigenvalue weighted by Crippen LogP contribution is 2.29. The van der Waals surface area contributed by atoms with Crippen molar-refractivity contribution >= 4 is 16.5 Å². The van der Waals surface area contributed by atoms with Crippen LogP contribution in [-0.2, 0) is 6.61 Å². The predicted octanol–water partition coefficient (Wildman–Crippen LogP) is 2.66. The number of aryl methyl sites for hydroxylation is 1. The van der Waals surface area contributed by atoms with Crippen molar-refractivity contribution in [2.24, 2.45) is 0 Å². The number of hydrogen-bond donors (Lipinski definition) is 1. The molecular weight excluding hydrogens is 276 g/mol. The van der Waals surface area contributed by atoms with Crippen LogP contribution in [0.25, 0.3) is 10.8 Å². The highest BCUT2D eigenvalue weighted by molar-refractivity contribution is 7.18. The summed E-state index contributed by atoms with van der Waals surface area (Å²) in [6.45, 7) is 2.10. The van der Waals surface area contributed by atoms with Gasteiger partial charge in [0.2, 0.25) is 5.82 Å². The molecule has 102 valence electrons. The van der Waals surface area contributed by atoms with E-state index in [4.69, 9.17) is 15.0 Å². The van der Waals surface area contributed by atoms with Gasteiger partial charge in [0.05, 0.1) is 5.69 Å². The van der Waals surface area contributed by atoms with Crippen LogP contribution in [0, 0.1) is 6.92 Å². The number of benzene rings is 1. The van der Waals surface area contributed by atoms with Gasteiger partial charge >= 0.3 is 0 Å². The molecule has 3 rings (SSSR count). The molecule has 0 aliphatic heterocycles. The Hall–Kier alpha value is -2.41. The van der Waals surface area contributed by atoms with Gasteiger partial charge in [-0.2, -0.15) is 4.98 Å². The van der Waals surface area contributed by atoms with Crippen molar-refractivity contribution in [2.45, 2.75) is 13.5 Å². The van der Waals surface area contributed by atoms with Crippen molar-refractivity contribution in [2.75, 3.05) is 5.73 Å². The fourth-order valence-electron chi connectivity index (χ4n) is 1.69. The van der Waals surface area contributed by atoms with Crippen molar-refractivity contribution in [1.82, 2.24) is 15.1 Å². The van der Waals surface area contributed by atoms with Crippen LogP contribution in [0.5, 0.6) is 5.75 Å². The minimum Gasteiger partial charge on any atom is -0.485 e. The van der Waals surface area contributed by atoms with E-state index < -0.39 is 0 Å². The molecule has 2 heterocycles. The van der Waals surface area contributed by atoms with E-state index in [0.29, 0.717) is 16.8 Å². The van der Waals surface area contributed by atoms with Crippen molar-refractivity contribution in [3.05, 3.63) is 41.9 Å². The average Bonchev–Trinajstić information content (AvgIpc) is 3.04. The summed E-state index contributed by atoms with van der Waals surface area (Å²) in [7, 11) is 0. The van der Waals surface area contributed by atoms with Crippen LogP contribution >= 0.6 is 11.3 Å². The number of nitrogens with two attached hydrogens (primary N) is 1. The Kier molecular flexibility index (Phi) is 3.34. The van der Waals surface area contributed by atoms with Gasteiger partial charge in [0.15, 0.2) is 11.7 Å². The molecule has 0 aliphatic rings. The number of aromatic nitrogens is 3. The molecule has 0 saturated heterocycles. The van der Waals surface area contributed by atoms with Crippen LogP contribution in [0.2, 0.25) is 0 Å². The van der Waals surface area contributed by atoms with Crippen LogP contribution in [0.15, 0.2) is 34.9 Å². The van der Waals surface area contributed by atoms with Gasteiger partial charge in [-0.05, 0) is 19.1 Å². The van der Waals surface area contributed by atoms with E-state index in [0.717, 1.165) is 16.3 Å². The SMILES string of the molecule is Cc1nc(N)sc1-c1nc(COc2ccccc2)no1. The Morgan fingerprint density at radius 2 is 2.05 bits per heavy atom. The lowest BCUT2D eigenvalue weighted by molar-refractivity contribution is 0.287. The maximum Gasteiger partial charge on any atom is 0.270 e. The molecule has 0 spiro atoms. The second kappa shape index (κ2) is 5.30. The molecule has 0 bridgehead atoms. The molecule has 0 radical (unpaired) electrons. The third-order valence-corrected chi connectivity index (χ3v) is 3.56. The third kappa shape index (κ3) is 2.62. The molecule has 0 fully saturated rings. The summed E-state index contributed by atoms with van der Waals surface area (Å²) >= 11 is 1.32. The molecule has 7 heteroatoms. The zero-order chi connectivity index (χ0) is 13.9.